The summed E-state index contributed by atoms with van der Waals surface area (Å²) in [6.45, 7) is 5.70. The molecule has 0 aliphatic carbocycles. The first-order valence-corrected chi connectivity index (χ1v) is 4.09. The van der Waals surface area contributed by atoms with Crippen molar-refractivity contribution in [1.82, 2.24) is 5.32 Å². The molecule has 66 valence electrons. The van der Waals surface area contributed by atoms with Gasteiger partial charge in [0.1, 0.15) is 0 Å². The van der Waals surface area contributed by atoms with E-state index in [0.717, 1.165) is 18.7 Å². The third-order valence-corrected chi connectivity index (χ3v) is 1.28. The van der Waals surface area contributed by atoms with E-state index >= 15 is 0 Å². The Morgan fingerprint density at radius 1 is 1.58 bits per heavy atom. The normalized spacial score (nSPS) is 11.4. The van der Waals surface area contributed by atoms with Crippen LogP contribution < -0.4 is 5.32 Å². The summed E-state index contributed by atoms with van der Waals surface area (Å²) < 4.78 is 0. The Balaban J connectivity index is 4.09. The summed E-state index contributed by atoms with van der Waals surface area (Å²) in [6.07, 6.45) is 3.71. The van der Waals surface area contributed by atoms with Crippen molar-refractivity contribution in [1.29, 1.82) is 0 Å². The first kappa shape index (κ1) is 10.9. The van der Waals surface area contributed by atoms with Crippen LogP contribution in [0.4, 0.5) is 0 Å². The van der Waals surface area contributed by atoms with Crippen molar-refractivity contribution in [2.75, 3.05) is 20.1 Å². The fourth-order valence-electron chi connectivity index (χ4n) is 0.734. The monoisotopic (exact) mass is 164 g/mol. The molecule has 0 radical (unpaired) electrons. The Hall–Kier alpha value is -1.07. The zero-order valence-corrected chi connectivity index (χ0v) is 8.02. The van der Waals surface area contributed by atoms with Gasteiger partial charge in [-0.15, -0.1) is 5.92 Å². The summed E-state index contributed by atoms with van der Waals surface area (Å²) in [5, 5.41) is 3.21. The molecule has 0 fully saturated rings. The van der Waals surface area contributed by atoms with Gasteiger partial charge in [0.2, 0.25) is 0 Å². The standard InChI is InChI=1S/C10H16N2/c1-4-6-7-10(8-11-3)9-12-5-2/h7-8,12H,5,9H2,1-3H3/b10-7+,11-8?. The van der Waals surface area contributed by atoms with Crippen molar-refractivity contribution in [2.45, 2.75) is 13.8 Å². The number of rotatable bonds is 4. The van der Waals surface area contributed by atoms with E-state index in [9.17, 15) is 0 Å². The Labute approximate surface area is 74.8 Å². The van der Waals surface area contributed by atoms with E-state index in [-0.39, 0.29) is 0 Å². The highest BCUT2D eigenvalue weighted by Crippen LogP contribution is 1.86. The molecule has 0 atom stereocenters. The molecule has 0 spiro atoms. The molecular formula is C10H16N2. The highest BCUT2D eigenvalue weighted by Gasteiger charge is 1.88. The van der Waals surface area contributed by atoms with Crippen molar-refractivity contribution in [3.8, 4) is 11.8 Å². The summed E-state index contributed by atoms with van der Waals surface area (Å²) in [4.78, 5) is 3.94. The van der Waals surface area contributed by atoms with E-state index in [1.54, 1.807) is 7.05 Å². The minimum Gasteiger partial charge on any atom is -0.313 e. The predicted molar refractivity (Wildman–Crippen MR) is 54.5 cm³/mol. The Kier molecular flexibility index (Phi) is 7.31. The second-order valence-corrected chi connectivity index (χ2v) is 2.28. The number of nitrogens with zero attached hydrogens (tertiary/aromatic N) is 1. The molecule has 12 heavy (non-hydrogen) atoms. The topological polar surface area (TPSA) is 24.4 Å². The maximum atomic E-state index is 3.94. The lowest BCUT2D eigenvalue weighted by Gasteiger charge is -1.99. The molecule has 0 unspecified atom stereocenters. The lowest BCUT2D eigenvalue weighted by molar-refractivity contribution is 0.790. The van der Waals surface area contributed by atoms with Gasteiger partial charge in [0.25, 0.3) is 0 Å². The van der Waals surface area contributed by atoms with Crippen molar-refractivity contribution in [3.05, 3.63) is 11.6 Å². The predicted octanol–water partition coefficient (Wildman–Crippen LogP) is 1.25. The minimum atomic E-state index is 0.836. The van der Waals surface area contributed by atoms with Gasteiger partial charge in [-0.05, 0) is 25.1 Å². The summed E-state index contributed by atoms with van der Waals surface area (Å²) in [6, 6.07) is 0. The molecule has 0 aliphatic rings. The second kappa shape index (κ2) is 8.03. The smallest absolute Gasteiger partial charge is 0.0277 e. The van der Waals surface area contributed by atoms with Crippen LogP contribution >= 0.6 is 0 Å². The molecule has 0 rings (SSSR count). The summed E-state index contributed by atoms with van der Waals surface area (Å²) in [7, 11) is 1.76. The molecule has 0 aromatic heterocycles. The lowest BCUT2D eigenvalue weighted by atomic mass is 10.2. The average molecular weight is 164 g/mol. The van der Waals surface area contributed by atoms with Gasteiger partial charge in [0.05, 0.1) is 0 Å². The van der Waals surface area contributed by atoms with Crippen LogP contribution in [0.5, 0.6) is 0 Å². The zero-order chi connectivity index (χ0) is 9.23. The number of likely N-dealkylation sites (N-methyl/N-ethyl adjacent to an activating group) is 1. The molecule has 0 heterocycles. The molecule has 2 nitrogen and oxygen atoms in total. The molecule has 2 heteroatoms. The van der Waals surface area contributed by atoms with Crippen LogP contribution in [0, 0.1) is 11.8 Å². The molecule has 0 aromatic rings. The quantitative estimate of drug-likeness (QED) is 0.491. The summed E-state index contributed by atoms with van der Waals surface area (Å²) in [5.41, 5.74) is 1.12. The average Bonchev–Trinajstić information content (AvgIpc) is 2.10. The van der Waals surface area contributed by atoms with Gasteiger partial charge in [-0.2, -0.15) is 0 Å². The fourth-order valence-corrected chi connectivity index (χ4v) is 0.734. The number of aliphatic imine (C=N–C) groups is 1. The van der Waals surface area contributed by atoms with Crippen LogP contribution in [0.15, 0.2) is 16.6 Å². The maximum absolute atomic E-state index is 3.94. The van der Waals surface area contributed by atoms with E-state index in [4.69, 9.17) is 0 Å². The third-order valence-electron chi connectivity index (χ3n) is 1.28. The zero-order valence-electron chi connectivity index (χ0n) is 8.02. The molecule has 0 aliphatic heterocycles. The number of hydrogen-bond acceptors (Lipinski definition) is 2. The molecule has 0 aromatic carbocycles. The van der Waals surface area contributed by atoms with Gasteiger partial charge in [0.15, 0.2) is 0 Å². The molecule has 0 bridgehead atoms. The Bertz CT molecular complexity index is 216. The van der Waals surface area contributed by atoms with Crippen LogP contribution in [0.3, 0.4) is 0 Å². The van der Waals surface area contributed by atoms with Gasteiger partial charge >= 0.3 is 0 Å². The van der Waals surface area contributed by atoms with Gasteiger partial charge in [0, 0.05) is 19.8 Å². The number of allylic oxidation sites excluding steroid dienone is 1. The largest absolute Gasteiger partial charge is 0.313 e. The van der Waals surface area contributed by atoms with Crippen molar-refractivity contribution >= 4 is 6.21 Å². The van der Waals surface area contributed by atoms with Crippen molar-refractivity contribution in [3.63, 3.8) is 0 Å². The molecule has 0 amide bonds. The fraction of sp³-hybridized carbons (Fsp3) is 0.500. The van der Waals surface area contributed by atoms with Crippen molar-refractivity contribution < 1.29 is 0 Å². The number of hydrogen-bond donors (Lipinski definition) is 1. The maximum Gasteiger partial charge on any atom is 0.0277 e. The van der Waals surface area contributed by atoms with Crippen LogP contribution in [0.1, 0.15) is 13.8 Å². The second-order valence-electron chi connectivity index (χ2n) is 2.28. The van der Waals surface area contributed by atoms with Gasteiger partial charge in [-0.25, -0.2) is 0 Å². The van der Waals surface area contributed by atoms with Crippen LogP contribution in [0.25, 0.3) is 0 Å². The van der Waals surface area contributed by atoms with E-state index in [1.165, 1.54) is 0 Å². The molecule has 0 saturated heterocycles. The number of nitrogens with one attached hydrogen (secondary N) is 1. The van der Waals surface area contributed by atoms with E-state index in [1.807, 2.05) is 19.2 Å². The van der Waals surface area contributed by atoms with Gasteiger partial charge < -0.3 is 5.32 Å². The van der Waals surface area contributed by atoms with E-state index in [2.05, 4.69) is 29.1 Å². The highest BCUT2D eigenvalue weighted by molar-refractivity contribution is 5.79. The Morgan fingerprint density at radius 2 is 2.33 bits per heavy atom. The van der Waals surface area contributed by atoms with Crippen LogP contribution in [0.2, 0.25) is 0 Å². The lowest BCUT2D eigenvalue weighted by Crippen LogP contribution is -2.16. The summed E-state index contributed by atoms with van der Waals surface area (Å²) >= 11 is 0. The van der Waals surface area contributed by atoms with Gasteiger partial charge in [-0.3, -0.25) is 4.99 Å². The first-order valence-electron chi connectivity index (χ1n) is 4.09. The first-order chi connectivity index (χ1) is 5.85. The third kappa shape index (κ3) is 5.70. The Morgan fingerprint density at radius 3 is 2.83 bits per heavy atom. The molecule has 0 saturated carbocycles. The molecule has 1 N–H and O–H groups in total. The molecular weight excluding hydrogens is 148 g/mol. The van der Waals surface area contributed by atoms with Crippen LogP contribution in [-0.2, 0) is 0 Å². The highest BCUT2D eigenvalue weighted by atomic mass is 14.8. The van der Waals surface area contributed by atoms with E-state index in [0.29, 0.717) is 0 Å². The SMILES string of the molecule is CC#C/C=C(\C=NC)CNCC. The summed E-state index contributed by atoms with van der Waals surface area (Å²) in [5.74, 6) is 5.72. The van der Waals surface area contributed by atoms with Crippen LogP contribution in [-0.4, -0.2) is 26.4 Å². The van der Waals surface area contributed by atoms with Gasteiger partial charge in [-0.1, -0.05) is 12.8 Å². The van der Waals surface area contributed by atoms with Crippen molar-refractivity contribution in [2.24, 2.45) is 4.99 Å². The van der Waals surface area contributed by atoms with E-state index < -0.39 is 0 Å². The minimum absolute atomic E-state index is 0.836.